The first-order chi connectivity index (χ1) is 13.3. The highest BCUT2D eigenvalue weighted by molar-refractivity contribution is 7.91. The van der Waals surface area contributed by atoms with Crippen LogP contribution in [-0.2, 0) is 16.4 Å². The summed E-state index contributed by atoms with van der Waals surface area (Å²) in [5.41, 5.74) is 8.03. The Bertz CT molecular complexity index is 828. The topological polar surface area (TPSA) is 126 Å². The van der Waals surface area contributed by atoms with Crippen molar-refractivity contribution in [2.75, 3.05) is 23.9 Å². The third-order valence-electron chi connectivity index (χ3n) is 4.55. The maximum atomic E-state index is 11.9. The summed E-state index contributed by atoms with van der Waals surface area (Å²) in [6.07, 6.45) is 4.79. The maximum Gasteiger partial charge on any atom is 0.319 e. The highest BCUT2D eigenvalue weighted by Crippen LogP contribution is 2.18. The highest BCUT2D eigenvalue weighted by atomic mass is 32.2. The number of nitrogens with two attached hydrogens (primary N) is 1. The minimum Gasteiger partial charge on any atom is -0.390 e. The van der Waals surface area contributed by atoms with Crippen molar-refractivity contribution in [3.05, 3.63) is 41.6 Å². The predicted molar refractivity (Wildman–Crippen MR) is 113 cm³/mol. The van der Waals surface area contributed by atoms with Crippen molar-refractivity contribution >= 4 is 27.4 Å². The summed E-state index contributed by atoms with van der Waals surface area (Å²) in [6, 6.07) is 7.44. The fourth-order valence-electron chi connectivity index (χ4n) is 2.53. The second-order valence-electron chi connectivity index (χ2n) is 6.76. The molecule has 0 unspecified atom stereocenters. The summed E-state index contributed by atoms with van der Waals surface area (Å²) < 4.78 is 23.4. The molecule has 0 bridgehead atoms. The molecule has 0 saturated heterocycles. The summed E-state index contributed by atoms with van der Waals surface area (Å²) in [6.45, 7) is 1.96. The van der Waals surface area contributed by atoms with Crippen LogP contribution in [0, 0.1) is 0 Å². The van der Waals surface area contributed by atoms with Gasteiger partial charge in [0.1, 0.15) is 5.84 Å². The lowest BCUT2D eigenvalue weighted by Crippen LogP contribution is -2.41. The van der Waals surface area contributed by atoms with Crippen LogP contribution in [0.4, 0.5) is 10.5 Å². The predicted octanol–water partition coefficient (Wildman–Crippen LogP) is 1.76. The number of carbonyl (C=O) groups is 1. The van der Waals surface area contributed by atoms with Gasteiger partial charge in [-0.05, 0) is 43.0 Å². The summed E-state index contributed by atoms with van der Waals surface area (Å²) in [4.78, 5) is 16.1. The molecule has 0 aromatic heterocycles. The lowest BCUT2D eigenvalue weighted by molar-refractivity contribution is 0.240. The van der Waals surface area contributed by atoms with Gasteiger partial charge in [-0.25, -0.2) is 13.2 Å². The van der Waals surface area contributed by atoms with Crippen molar-refractivity contribution in [3.63, 3.8) is 0 Å². The van der Waals surface area contributed by atoms with Gasteiger partial charge in [0.25, 0.3) is 0 Å². The van der Waals surface area contributed by atoms with Gasteiger partial charge in [0.15, 0.2) is 9.84 Å². The molecule has 1 aromatic carbocycles. The number of hydrogen-bond acceptors (Lipinski definition) is 5. The molecule has 5 N–H and O–H groups in total. The van der Waals surface area contributed by atoms with Crippen molar-refractivity contribution in [2.24, 2.45) is 10.7 Å². The van der Waals surface area contributed by atoms with E-state index in [9.17, 15) is 13.2 Å². The van der Waals surface area contributed by atoms with Crippen molar-refractivity contribution < 1.29 is 13.2 Å². The molecule has 9 heteroatoms. The number of carbonyl (C=O) groups excluding carboxylic acids is 1. The average Bonchev–Trinajstić information content (AvgIpc) is 2.63. The highest BCUT2D eigenvalue weighted by Gasteiger charge is 2.19. The fraction of sp³-hybridized carbons (Fsp3) is 0.474. The second-order valence-corrected chi connectivity index (χ2v) is 9.11. The van der Waals surface area contributed by atoms with E-state index in [0.29, 0.717) is 24.0 Å². The van der Waals surface area contributed by atoms with E-state index in [4.69, 9.17) is 5.73 Å². The number of rotatable bonds is 9. The second kappa shape index (κ2) is 10.1. The number of hydrogen-bond donors (Lipinski definition) is 4. The fourth-order valence-corrected chi connectivity index (χ4v) is 3.44. The largest absolute Gasteiger partial charge is 0.390 e. The minimum absolute atomic E-state index is 0.0716. The van der Waals surface area contributed by atoms with E-state index in [0.717, 1.165) is 18.4 Å². The van der Waals surface area contributed by atoms with E-state index in [-0.39, 0.29) is 23.4 Å². The zero-order valence-electron chi connectivity index (χ0n) is 16.4. The number of benzene rings is 1. The van der Waals surface area contributed by atoms with Crippen molar-refractivity contribution in [1.29, 1.82) is 0 Å². The van der Waals surface area contributed by atoms with Crippen molar-refractivity contribution in [2.45, 2.75) is 38.8 Å². The van der Waals surface area contributed by atoms with E-state index in [1.165, 1.54) is 12.5 Å². The molecular formula is C19H29N5O3S. The summed E-state index contributed by atoms with van der Waals surface area (Å²) in [7, 11) is -1.50. The van der Waals surface area contributed by atoms with Gasteiger partial charge >= 0.3 is 6.03 Å². The van der Waals surface area contributed by atoms with Crippen LogP contribution in [0.25, 0.3) is 0 Å². The number of nitrogens with zero attached hydrogens (tertiary/aromatic N) is 1. The molecule has 154 valence electrons. The van der Waals surface area contributed by atoms with E-state index in [1.807, 2.05) is 24.3 Å². The number of sulfone groups is 1. The van der Waals surface area contributed by atoms with Gasteiger partial charge < -0.3 is 21.7 Å². The van der Waals surface area contributed by atoms with Crippen LogP contribution < -0.4 is 21.7 Å². The zero-order chi connectivity index (χ0) is 20.6. The Morgan fingerprint density at radius 1 is 1.29 bits per heavy atom. The van der Waals surface area contributed by atoms with Gasteiger partial charge in [0, 0.05) is 30.2 Å². The molecular weight excluding hydrogens is 378 g/mol. The van der Waals surface area contributed by atoms with Gasteiger partial charge in [-0.1, -0.05) is 19.1 Å². The van der Waals surface area contributed by atoms with Crippen LogP contribution in [0.1, 0.15) is 31.7 Å². The van der Waals surface area contributed by atoms with Gasteiger partial charge in [0.2, 0.25) is 0 Å². The number of amidine groups is 1. The van der Waals surface area contributed by atoms with Crippen LogP contribution in [-0.4, -0.2) is 44.9 Å². The van der Waals surface area contributed by atoms with E-state index in [1.54, 1.807) is 14.0 Å². The van der Waals surface area contributed by atoms with Crippen LogP contribution in [0.5, 0.6) is 0 Å². The maximum absolute atomic E-state index is 11.9. The molecule has 2 rings (SSSR count). The Morgan fingerprint density at radius 3 is 2.50 bits per heavy atom. The van der Waals surface area contributed by atoms with Crippen LogP contribution in [0.2, 0.25) is 0 Å². The number of amides is 2. The Labute approximate surface area is 166 Å². The molecule has 1 saturated carbocycles. The van der Waals surface area contributed by atoms with Crippen molar-refractivity contribution in [3.8, 4) is 0 Å². The molecule has 2 amide bonds. The third-order valence-corrected chi connectivity index (χ3v) is 6.19. The van der Waals surface area contributed by atoms with Crippen LogP contribution >= 0.6 is 0 Å². The number of urea groups is 1. The van der Waals surface area contributed by atoms with E-state index in [2.05, 4.69) is 20.9 Å². The van der Waals surface area contributed by atoms with Gasteiger partial charge in [-0.15, -0.1) is 0 Å². The molecule has 1 aromatic rings. The van der Waals surface area contributed by atoms with E-state index < -0.39 is 9.84 Å². The molecule has 1 fully saturated rings. The monoisotopic (exact) mass is 407 g/mol. The Hall–Kier alpha value is -2.55. The molecule has 0 atom stereocenters. The number of aliphatic imine (C=N–C) groups is 1. The van der Waals surface area contributed by atoms with Gasteiger partial charge in [-0.3, -0.25) is 4.99 Å². The molecule has 28 heavy (non-hydrogen) atoms. The quantitative estimate of drug-likeness (QED) is 0.367. The summed E-state index contributed by atoms with van der Waals surface area (Å²) in [5, 5.41) is 8.57. The Kier molecular flexibility index (Phi) is 7.86. The summed E-state index contributed by atoms with van der Waals surface area (Å²) >= 11 is 0. The first kappa shape index (κ1) is 21.7. The van der Waals surface area contributed by atoms with Gasteiger partial charge in [0.05, 0.1) is 12.3 Å². The number of anilines is 1. The standard InChI is InChI=1S/C19H29N5O3S/c1-3-28(26,27)13-17(21-2)11-18(20)22-12-14-7-9-16(10-8-14)24-19(25)23-15-5-4-6-15/h7-11,15,21H,3-6,12-13H2,1-2H3,(H2,20,22)(H2,23,24,25)/b17-11-. The molecule has 1 aliphatic carbocycles. The SMILES string of the molecule is CCS(=O)(=O)C/C(=C/C(N)=N\Cc1ccc(NC(=O)NC2CCC2)cc1)NC. The normalized spacial score (nSPS) is 15.6. The molecule has 0 heterocycles. The van der Waals surface area contributed by atoms with Crippen LogP contribution in [0.15, 0.2) is 41.0 Å². The molecule has 0 spiro atoms. The van der Waals surface area contributed by atoms with Crippen LogP contribution in [0.3, 0.4) is 0 Å². The van der Waals surface area contributed by atoms with Gasteiger partial charge in [-0.2, -0.15) is 0 Å². The minimum atomic E-state index is -3.15. The summed E-state index contributed by atoms with van der Waals surface area (Å²) in [5.74, 6) is 0.222. The van der Waals surface area contributed by atoms with E-state index >= 15 is 0 Å². The lowest BCUT2D eigenvalue weighted by Gasteiger charge is -2.26. The Morgan fingerprint density at radius 2 is 1.96 bits per heavy atom. The first-order valence-electron chi connectivity index (χ1n) is 9.36. The number of nitrogens with one attached hydrogen (secondary N) is 3. The molecule has 0 aliphatic heterocycles. The average molecular weight is 408 g/mol. The Balaban J connectivity index is 1.89. The first-order valence-corrected chi connectivity index (χ1v) is 11.2. The lowest BCUT2D eigenvalue weighted by atomic mass is 9.93. The third kappa shape index (κ3) is 7.22. The molecule has 0 radical (unpaired) electrons. The zero-order valence-corrected chi connectivity index (χ0v) is 17.2. The molecule has 1 aliphatic rings. The van der Waals surface area contributed by atoms with Crippen molar-refractivity contribution in [1.82, 2.24) is 10.6 Å². The smallest absolute Gasteiger partial charge is 0.319 e. The molecule has 8 nitrogen and oxygen atoms in total.